The number of urea groups is 1. The molecule has 3 amide bonds. The molecule has 0 radical (unpaired) electrons. The second-order valence-corrected chi connectivity index (χ2v) is 11.2. The lowest BCUT2D eigenvalue weighted by molar-refractivity contribution is -0.137. The van der Waals surface area contributed by atoms with Crippen LogP contribution in [0.5, 0.6) is 0 Å². The summed E-state index contributed by atoms with van der Waals surface area (Å²) in [6, 6.07) is 12.6. The van der Waals surface area contributed by atoms with E-state index in [2.05, 4.69) is 32.3 Å². The standard InChI is InChI=1S/C30H29F3N8O2S/c1-5-6-19-7-10-22(39(3)4)14-24(19)41-26(42)16-44-29(41)37-28(43)36-23-11-8-20(13-18(23)2)27-35-17-40(38-27)25-12-9-21(15-34-25)30(31,32)33/h7-15,17H,5-6,16H2,1-4H3,(H,36,43). The van der Waals surface area contributed by atoms with Crippen LogP contribution in [0.4, 0.5) is 35.0 Å². The maximum Gasteiger partial charge on any atom is 0.417 e. The number of amidine groups is 1. The van der Waals surface area contributed by atoms with E-state index in [1.165, 1.54) is 33.7 Å². The van der Waals surface area contributed by atoms with Crippen molar-refractivity contribution in [3.05, 3.63) is 77.7 Å². The largest absolute Gasteiger partial charge is 0.417 e. The molecule has 1 aliphatic heterocycles. The van der Waals surface area contributed by atoms with E-state index in [0.717, 1.165) is 42.0 Å². The number of nitrogens with zero attached hydrogens (tertiary/aromatic N) is 7. The highest BCUT2D eigenvalue weighted by Gasteiger charge is 2.33. The van der Waals surface area contributed by atoms with Gasteiger partial charge in [-0.25, -0.2) is 19.4 Å². The lowest BCUT2D eigenvalue weighted by Gasteiger charge is -2.22. The molecular formula is C30H29F3N8O2S. The first-order valence-corrected chi connectivity index (χ1v) is 14.6. The van der Waals surface area contributed by atoms with Crippen molar-refractivity contribution in [2.24, 2.45) is 4.99 Å². The van der Waals surface area contributed by atoms with Crippen molar-refractivity contribution in [2.45, 2.75) is 32.9 Å². The van der Waals surface area contributed by atoms with E-state index in [1.54, 1.807) is 25.1 Å². The number of benzene rings is 2. The van der Waals surface area contributed by atoms with Crippen molar-refractivity contribution in [2.75, 3.05) is 35.0 Å². The highest BCUT2D eigenvalue weighted by molar-refractivity contribution is 8.15. The lowest BCUT2D eigenvalue weighted by atomic mass is 10.1. The Kier molecular flexibility index (Phi) is 8.72. The van der Waals surface area contributed by atoms with Gasteiger partial charge >= 0.3 is 12.2 Å². The van der Waals surface area contributed by atoms with Crippen LogP contribution in [0, 0.1) is 6.92 Å². The van der Waals surface area contributed by atoms with Gasteiger partial charge in [0.25, 0.3) is 0 Å². The Balaban J connectivity index is 1.33. The quantitative estimate of drug-likeness (QED) is 0.256. The van der Waals surface area contributed by atoms with Crippen LogP contribution < -0.4 is 15.1 Å². The summed E-state index contributed by atoms with van der Waals surface area (Å²) in [7, 11) is 3.85. The van der Waals surface area contributed by atoms with Crippen molar-refractivity contribution in [3.8, 4) is 17.2 Å². The molecule has 1 fully saturated rings. The molecule has 0 bridgehead atoms. The van der Waals surface area contributed by atoms with Crippen molar-refractivity contribution >= 4 is 45.9 Å². The van der Waals surface area contributed by atoms with E-state index < -0.39 is 17.8 Å². The number of carbonyl (C=O) groups is 2. The Labute approximate surface area is 256 Å². The molecule has 0 saturated carbocycles. The molecule has 0 aliphatic carbocycles. The molecule has 4 aromatic rings. The van der Waals surface area contributed by atoms with Gasteiger partial charge in [-0.2, -0.15) is 18.2 Å². The Morgan fingerprint density at radius 1 is 1.11 bits per heavy atom. The molecule has 0 spiro atoms. The first-order chi connectivity index (χ1) is 20.9. The number of rotatable bonds is 7. The van der Waals surface area contributed by atoms with Crippen LogP contribution in [0.2, 0.25) is 0 Å². The minimum atomic E-state index is -4.48. The number of hydrogen-bond acceptors (Lipinski definition) is 7. The second-order valence-electron chi connectivity index (χ2n) is 10.2. The summed E-state index contributed by atoms with van der Waals surface area (Å²) in [6.45, 7) is 3.86. The first-order valence-electron chi connectivity index (χ1n) is 13.7. The Bertz CT molecular complexity index is 1740. The number of alkyl halides is 3. The van der Waals surface area contributed by atoms with Crippen LogP contribution in [0.15, 0.2) is 66.0 Å². The van der Waals surface area contributed by atoms with Crippen molar-refractivity contribution in [1.82, 2.24) is 19.7 Å². The Morgan fingerprint density at radius 3 is 2.57 bits per heavy atom. The van der Waals surface area contributed by atoms with Gasteiger partial charge in [-0.05, 0) is 66.9 Å². The fourth-order valence-corrected chi connectivity index (χ4v) is 5.43. The van der Waals surface area contributed by atoms with Gasteiger partial charge in [-0.1, -0.05) is 31.2 Å². The van der Waals surface area contributed by atoms with Gasteiger partial charge < -0.3 is 10.2 Å². The molecule has 3 heterocycles. The molecule has 1 saturated heterocycles. The summed E-state index contributed by atoms with van der Waals surface area (Å²) in [5.41, 5.74) is 3.64. The van der Waals surface area contributed by atoms with E-state index in [0.29, 0.717) is 27.8 Å². The van der Waals surface area contributed by atoms with E-state index in [-0.39, 0.29) is 17.5 Å². The van der Waals surface area contributed by atoms with Crippen LogP contribution in [-0.2, 0) is 17.4 Å². The molecule has 0 unspecified atom stereocenters. The zero-order chi connectivity index (χ0) is 31.6. The van der Waals surface area contributed by atoms with Crippen LogP contribution in [0.3, 0.4) is 0 Å². The van der Waals surface area contributed by atoms with Crippen LogP contribution in [0.25, 0.3) is 17.2 Å². The fraction of sp³-hybridized carbons (Fsp3) is 0.267. The molecule has 14 heteroatoms. The minimum Gasteiger partial charge on any atom is -0.378 e. The lowest BCUT2D eigenvalue weighted by Crippen LogP contribution is -2.31. The van der Waals surface area contributed by atoms with Crippen molar-refractivity contribution in [1.29, 1.82) is 0 Å². The number of nitrogens with one attached hydrogen (secondary N) is 1. The van der Waals surface area contributed by atoms with Gasteiger partial charge in [-0.3, -0.25) is 9.69 Å². The number of aromatic nitrogens is 4. The average Bonchev–Trinajstić information content (AvgIpc) is 3.61. The van der Waals surface area contributed by atoms with Crippen LogP contribution in [0.1, 0.15) is 30.0 Å². The summed E-state index contributed by atoms with van der Waals surface area (Å²) in [5, 5.41) is 7.43. The number of carbonyl (C=O) groups excluding carboxylic acids is 2. The van der Waals surface area contributed by atoms with Gasteiger partial charge in [0.15, 0.2) is 16.8 Å². The smallest absolute Gasteiger partial charge is 0.378 e. The second kappa shape index (κ2) is 12.5. The molecule has 228 valence electrons. The maximum absolute atomic E-state index is 13.0. The Hall–Kier alpha value is -4.72. The molecule has 10 nitrogen and oxygen atoms in total. The summed E-state index contributed by atoms with van der Waals surface area (Å²) in [6.07, 6.45) is -0.712. The highest BCUT2D eigenvalue weighted by Crippen LogP contribution is 2.34. The fourth-order valence-electron chi connectivity index (χ4n) is 4.57. The third-order valence-corrected chi connectivity index (χ3v) is 7.76. The molecule has 44 heavy (non-hydrogen) atoms. The molecule has 2 aromatic heterocycles. The molecule has 5 rings (SSSR count). The molecule has 0 atom stereocenters. The average molecular weight is 623 g/mol. The number of amides is 3. The van der Waals surface area contributed by atoms with Gasteiger partial charge in [0.1, 0.15) is 6.33 Å². The molecule has 2 aromatic carbocycles. The van der Waals surface area contributed by atoms with Gasteiger partial charge in [-0.15, -0.1) is 5.10 Å². The van der Waals surface area contributed by atoms with Gasteiger partial charge in [0.2, 0.25) is 5.91 Å². The topological polar surface area (TPSA) is 109 Å². The predicted octanol–water partition coefficient (Wildman–Crippen LogP) is 6.34. The first kappa shape index (κ1) is 30.7. The number of halogens is 3. The molecule has 1 N–H and O–H groups in total. The molecule has 1 aliphatic rings. The summed E-state index contributed by atoms with van der Waals surface area (Å²) < 4.78 is 39.8. The number of pyridine rings is 1. The van der Waals surface area contributed by atoms with Gasteiger partial charge in [0, 0.05) is 37.2 Å². The Morgan fingerprint density at radius 2 is 1.91 bits per heavy atom. The zero-order valence-corrected chi connectivity index (χ0v) is 25.2. The van der Waals surface area contributed by atoms with E-state index in [9.17, 15) is 22.8 Å². The van der Waals surface area contributed by atoms with Gasteiger partial charge in [0.05, 0.1) is 17.0 Å². The number of anilines is 3. The maximum atomic E-state index is 13.0. The van der Waals surface area contributed by atoms with E-state index in [1.807, 2.05) is 37.2 Å². The third kappa shape index (κ3) is 6.59. The SMILES string of the molecule is CCCc1ccc(N(C)C)cc1N1C(=O)CSC1=NC(=O)Nc1ccc(-c2ncn(-c3ccc(C(F)(F)F)cn3)n2)cc1C. The van der Waals surface area contributed by atoms with Crippen LogP contribution >= 0.6 is 11.8 Å². The molecular weight excluding hydrogens is 593 g/mol. The zero-order valence-electron chi connectivity index (χ0n) is 24.4. The van der Waals surface area contributed by atoms with Crippen molar-refractivity contribution in [3.63, 3.8) is 0 Å². The predicted molar refractivity (Wildman–Crippen MR) is 165 cm³/mol. The summed E-state index contributed by atoms with van der Waals surface area (Å²) in [4.78, 5) is 41.8. The van der Waals surface area contributed by atoms with Crippen molar-refractivity contribution < 1.29 is 22.8 Å². The number of aliphatic imine (C=N–C) groups is 1. The highest BCUT2D eigenvalue weighted by atomic mass is 32.2. The minimum absolute atomic E-state index is 0.145. The number of thioether (sulfide) groups is 1. The monoisotopic (exact) mass is 622 g/mol. The summed E-state index contributed by atoms with van der Waals surface area (Å²) in [5.74, 6) is 0.546. The summed E-state index contributed by atoms with van der Waals surface area (Å²) >= 11 is 1.21. The number of hydrogen-bond donors (Lipinski definition) is 1. The van der Waals surface area contributed by atoms with Crippen LogP contribution in [-0.4, -0.2) is 56.7 Å². The third-order valence-electron chi connectivity index (χ3n) is 6.84. The van der Waals surface area contributed by atoms with E-state index in [4.69, 9.17) is 0 Å². The normalized spacial score (nSPS) is 14.4. The number of aryl methyl sites for hydroxylation is 2. The van der Waals surface area contributed by atoms with E-state index >= 15 is 0 Å².